The van der Waals surface area contributed by atoms with Crippen molar-refractivity contribution >= 4 is 15.9 Å². The largest absolute Gasteiger partial charge is 0.523 e. The van der Waals surface area contributed by atoms with Crippen LogP contribution in [-0.2, 0) is 20.8 Å². The van der Waals surface area contributed by atoms with E-state index < -0.39 is 39.5 Å². The minimum atomic E-state index is -5.70. The first-order chi connectivity index (χ1) is 8.56. The van der Waals surface area contributed by atoms with Gasteiger partial charge in [-0.3, -0.25) is 4.18 Å². The normalized spacial score (nSPS) is 12.6. The van der Waals surface area contributed by atoms with Crippen LogP contribution in [0.2, 0.25) is 0 Å². The molecule has 0 saturated carbocycles. The molecule has 0 amide bonds. The van der Waals surface area contributed by atoms with Crippen LogP contribution >= 0.6 is 0 Å². The van der Waals surface area contributed by atoms with E-state index in [1.54, 1.807) is 0 Å². The number of aryl methyl sites for hydroxylation is 1. The molecule has 0 aliphatic heterocycles. The van der Waals surface area contributed by atoms with Crippen LogP contribution in [-0.4, -0.2) is 35.0 Å². The molecule has 1 heterocycles. The van der Waals surface area contributed by atoms with E-state index in [1.807, 2.05) is 0 Å². The molecule has 1 aromatic heterocycles. The van der Waals surface area contributed by atoms with E-state index in [2.05, 4.69) is 9.17 Å². The molecule has 0 unspecified atom stereocenters. The Morgan fingerprint density at radius 3 is 2.58 bits per heavy atom. The van der Waals surface area contributed by atoms with Gasteiger partial charge in [-0.15, -0.1) is 0 Å². The predicted molar refractivity (Wildman–Crippen MR) is 54.5 cm³/mol. The van der Waals surface area contributed by atoms with E-state index in [0.29, 0.717) is 0 Å². The second-order valence-corrected chi connectivity index (χ2v) is 4.90. The average molecular weight is 303 g/mol. The first kappa shape index (κ1) is 15.4. The molecule has 0 aliphatic carbocycles. The molecule has 108 valence electrons. The Morgan fingerprint density at radius 1 is 1.53 bits per heavy atom. The molecule has 1 rings (SSSR count). The van der Waals surface area contributed by atoms with Crippen LogP contribution in [0, 0.1) is 17.0 Å². The minimum Gasteiger partial charge on any atom is -0.358 e. The third kappa shape index (κ3) is 3.41. The standard InChI is InChI=1S/C7H8F3N3O5S/c1-5-11-4-6(13(14)15)12(5)2-3-18-19(16,17)7(8,9)10/h4H,2-3H2,1H3. The van der Waals surface area contributed by atoms with Gasteiger partial charge in [-0.25, -0.2) is 9.55 Å². The summed E-state index contributed by atoms with van der Waals surface area (Å²) in [5.41, 5.74) is -5.52. The summed E-state index contributed by atoms with van der Waals surface area (Å²) in [6, 6.07) is 0. The van der Waals surface area contributed by atoms with Crippen molar-refractivity contribution in [2.75, 3.05) is 6.61 Å². The summed E-state index contributed by atoms with van der Waals surface area (Å²) in [4.78, 5) is 13.4. The summed E-state index contributed by atoms with van der Waals surface area (Å²) in [5, 5.41) is 10.6. The van der Waals surface area contributed by atoms with Crippen LogP contribution in [0.5, 0.6) is 0 Å². The van der Waals surface area contributed by atoms with E-state index in [9.17, 15) is 31.7 Å². The average Bonchev–Trinajstić information content (AvgIpc) is 2.58. The van der Waals surface area contributed by atoms with Crippen LogP contribution < -0.4 is 0 Å². The van der Waals surface area contributed by atoms with Crippen molar-refractivity contribution in [3.8, 4) is 0 Å². The number of alkyl halides is 3. The second kappa shape index (κ2) is 5.13. The number of halogens is 3. The van der Waals surface area contributed by atoms with E-state index in [0.717, 1.165) is 10.8 Å². The molecule has 0 saturated heterocycles. The Balaban J connectivity index is 2.75. The molecule has 0 radical (unpaired) electrons. The number of aromatic nitrogens is 2. The van der Waals surface area contributed by atoms with E-state index in [4.69, 9.17) is 0 Å². The third-order valence-electron chi connectivity index (χ3n) is 2.06. The molecule has 0 spiro atoms. The zero-order valence-corrected chi connectivity index (χ0v) is 10.2. The summed E-state index contributed by atoms with van der Waals surface area (Å²) >= 11 is 0. The number of nitro groups is 1. The van der Waals surface area contributed by atoms with Gasteiger partial charge in [0.25, 0.3) is 0 Å². The number of hydrogen-bond acceptors (Lipinski definition) is 6. The summed E-state index contributed by atoms with van der Waals surface area (Å²) in [6.07, 6.45) is 0.910. The predicted octanol–water partition coefficient (Wildman–Crippen LogP) is 0.966. The van der Waals surface area contributed by atoms with Crippen molar-refractivity contribution in [3.63, 3.8) is 0 Å². The zero-order valence-electron chi connectivity index (χ0n) is 9.42. The number of hydrogen-bond donors (Lipinski definition) is 0. The highest BCUT2D eigenvalue weighted by molar-refractivity contribution is 7.87. The van der Waals surface area contributed by atoms with Gasteiger partial charge in [-0.05, 0) is 4.92 Å². The molecular formula is C7H8F3N3O5S. The Bertz CT molecular complexity index is 579. The van der Waals surface area contributed by atoms with Gasteiger partial charge >= 0.3 is 21.4 Å². The van der Waals surface area contributed by atoms with Crippen molar-refractivity contribution < 1.29 is 30.7 Å². The highest BCUT2D eigenvalue weighted by Gasteiger charge is 2.47. The van der Waals surface area contributed by atoms with Gasteiger partial charge in [0.05, 0.1) is 0 Å². The molecule has 0 atom stereocenters. The smallest absolute Gasteiger partial charge is 0.358 e. The molecule has 0 aliphatic rings. The monoisotopic (exact) mass is 303 g/mol. The maximum atomic E-state index is 11.9. The summed E-state index contributed by atoms with van der Waals surface area (Å²) < 4.78 is 61.7. The van der Waals surface area contributed by atoms with Crippen LogP contribution in [0.3, 0.4) is 0 Å². The molecule has 1 aromatic rings. The summed E-state index contributed by atoms with van der Waals surface area (Å²) in [7, 11) is -5.70. The van der Waals surface area contributed by atoms with Gasteiger partial charge < -0.3 is 10.1 Å². The molecule has 0 aromatic carbocycles. The lowest BCUT2D eigenvalue weighted by atomic mass is 10.6. The van der Waals surface area contributed by atoms with Gasteiger partial charge in [-0.1, -0.05) is 0 Å². The fraction of sp³-hybridized carbons (Fsp3) is 0.571. The van der Waals surface area contributed by atoms with Crippen LogP contribution in [0.4, 0.5) is 19.0 Å². The highest BCUT2D eigenvalue weighted by atomic mass is 32.2. The molecule has 12 heteroatoms. The summed E-state index contributed by atoms with van der Waals surface area (Å²) in [5.74, 6) is -0.315. The number of imidazole rings is 1. The van der Waals surface area contributed by atoms with Gasteiger partial charge in [0.2, 0.25) is 0 Å². The Labute approximate surface area is 105 Å². The maximum absolute atomic E-state index is 11.9. The maximum Gasteiger partial charge on any atom is 0.523 e. The third-order valence-corrected chi connectivity index (χ3v) is 3.10. The topological polar surface area (TPSA) is 104 Å². The highest BCUT2D eigenvalue weighted by Crippen LogP contribution is 2.24. The van der Waals surface area contributed by atoms with Crippen LogP contribution in [0.15, 0.2) is 6.20 Å². The van der Waals surface area contributed by atoms with Crippen LogP contribution in [0.25, 0.3) is 0 Å². The zero-order chi connectivity index (χ0) is 14.8. The Morgan fingerprint density at radius 2 is 2.11 bits per heavy atom. The lowest BCUT2D eigenvalue weighted by Gasteiger charge is -2.08. The van der Waals surface area contributed by atoms with Crippen molar-refractivity contribution in [2.45, 2.75) is 19.0 Å². The summed E-state index contributed by atoms with van der Waals surface area (Å²) in [6.45, 7) is 0.0442. The quantitative estimate of drug-likeness (QED) is 0.347. The molecule has 8 nitrogen and oxygen atoms in total. The number of nitrogens with zero attached hydrogens (tertiary/aromatic N) is 3. The SMILES string of the molecule is Cc1ncc([N+](=O)[O-])n1CCOS(=O)(=O)C(F)(F)F. The molecule has 0 fully saturated rings. The second-order valence-electron chi connectivity index (χ2n) is 3.29. The first-order valence-electron chi connectivity index (χ1n) is 4.68. The van der Waals surface area contributed by atoms with Crippen molar-refractivity contribution in [2.24, 2.45) is 0 Å². The lowest BCUT2D eigenvalue weighted by Crippen LogP contribution is -2.27. The van der Waals surface area contributed by atoms with Crippen molar-refractivity contribution in [3.05, 3.63) is 22.1 Å². The minimum absolute atomic E-state index is 0.153. The fourth-order valence-corrected chi connectivity index (χ4v) is 1.61. The van der Waals surface area contributed by atoms with Gasteiger partial charge in [-0.2, -0.15) is 21.6 Å². The molecular weight excluding hydrogens is 295 g/mol. The molecule has 0 bridgehead atoms. The van der Waals surface area contributed by atoms with Gasteiger partial charge in [0.1, 0.15) is 19.3 Å². The number of rotatable bonds is 5. The van der Waals surface area contributed by atoms with E-state index in [-0.39, 0.29) is 5.82 Å². The molecule has 19 heavy (non-hydrogen) atoms. The van der Waals surface area contributed by atoms with Crippen LogP contribution in [0.1, 0.15) is 5.82 Å². The Kier molecular flexibility index (Phi) is 4.15. The molecule has 0 N–H and O–H groups in total. The van der Waals surface area contributed by atoms with Crippen molar-refractivity contribution in [1.82, 2.24) is 9.55 Å². The van der Waals surface area contributed by atoms with E-state index >= 15 is 0 Å². The fourth-order valence-electron chi connectivity index (χ4n) is 1.18. The lowest BCUT2D eigenvalue weighted by molar-refractivity contribution is -0.392. The Hall–Kier alpha value is -1.69. The first-order valence-corrected chi connectivity index (χ1v) is 6.09. The van der Waals surface area contributed by atoms with Gasteiger partial charge in [0, 0.05) is 6.92 Å². The van der Waals surface area contributed by atoms with Crippen molar-refractivity contribution in [1.29, 1.82) is 0 Å². The van der Waals surface area contributed by atoms with E-state index in [1.165, 1.54) is 6.92 Å². The van der Waals surface area contributed by atoms with Gasteiger partial charge in [0.15, 0.2) is 5.82 Å².